The van der Waals surface area contributed by atoms with Crippen LogP contribution in [0.1, 0.15) is 111 Å². The predicted octanol–water partition coefficient (Wildman–Crippen LogP) is 5.10. The van der Waals surface area contributed by atoms with Crippen LogP contribution in [0.5, 0.6) is 11.5 Å². The van der Waals surface area contributed by atoms with Gasteiger partial charge in [-0.2, -0.15) is 0 Å². The molecule has 9 N–H and O–H groups in total. The zero-order chi connectivity index (χ0) is 35.7. The molecule has 274 valence electrons. The average Bonchev–Trinajstić information content (AvgIpc) is 3.76. The summed E-state index contributed by atoms with van der Waals surface area (Å²) in [5, 5.41) is 45.0. The number of hydrogen-bond donors (Lipinski definition) is 7. The Morgan fingerprint density at radius 1 is 1.06 bits per heavy atom. The van der Waals surface area contributed by atoms with Crippen LogP contribution in [0, 0.1) is 0 Å². The summed E-state index contributed by atoms with van der Waals surface area (Å²) in [6, 6.07) is 7.17. The molecule has 5 aliphatic rings. The topological polar surface area (TPSA) is 206 Å². The van der Waals surface area contributed by atoms with Crippen molar-refractivity contribution in [2.24, 2.45) is 16.5 Å². The molecule has 51 heavy (non-hydrogen) atoms. The van der Waals surface area contributed by atoms with Crippen LogP contribution in [0.4, 0.5) is 5.69 Å². The number of nitrogens with two attached hydrogens (primary N) is 2. The van der Waals surface area contributed by atoms with Crippen molar-refractivity contribution in [1.29, 1.82) is 0 Å². The fourth-order valence-electron chi connectivity index (χ4n) is 9.33. The highest BCUT2D eigenvalue weighted by Crippen LogP contribution is 2.59. The van der Waals surface area contributed by atoms with Crippen molar-refractivity contribution < 1.29 is 34.4 Å². The summed E-state index contributed by atoms with van der Waals surface area (Å²) >= 11 is 0. The minimum atomic E-state index is -1.72. The minimum Gasteiger partial charge on any atom is -0.489 e. The molecule has 0 amide bonds. The summed E-state index contributed by atoms with van der Waals surface area (Å²) in [6.45, 7) is 1.38. The van der Waals surface area contributed by atoms with Gasteiger partial charge in [0, 0.05) is 46.5 Å². The molecule has 2 aromatic carbocycles. The zero-order valence-corrected chi connectivity index (χ0v) is 30.3. The number of aliphatic hydroxyl groups excluding tert-OH is 1. The lowest BCUT2D eigenvalue weighted by atomic mass is 9.70. The molecule has 8 rings (SSSR count). The standard InChI is InChI=1S/C37H46N4O8S2/c1-35(44)13-4-7-23-26-29(48-32(23)35)24-15-50-51-18-36(17-42,40-34(38)39)16-37(45)14-12-22(19-8-10-20(41-46)11-9-19)25-28(43)27(30(24)49-33(25)37)31(26)47-21-5-2-3-6-21/h8-11,21-23,32,41-42,44-46H,2-7,12-18H2,1H3,(H4,38,39,40)/t22-,23-,32+,35-,36+,37-/m1/s1. The van der Waals surface area contributed by atoms with Crippen LogP contribution in [0.2, 0.25) is 0 Å². The maximum Gasteiger partial charge on any atom is 0.200 e. The maximum absolute atomic E-state index is 15.5. The molecular weight excluding hydrogens is 693 g/mol. The predicted molar refractivity (Wildman–Crippen MR) is 198 cm³/mol. The van der Waals surface area contributed by atoms with Crippen molar-refractivity contribution in [2.75, 3.05) is 17.8 Å². The van der Waals surface area contributed by atoms with Crippen LogP contribution in [0.15, 0.2) is 38.5 Å². The van der Waals surface area contributed by atoms with Crippen LogP contribution in [0.25, 0.3) is 11.0 Å². The molecule has 14 heteroatoms. The van der Waals surface area contributed by atoms with Crippen molar-refractivity contribution in [2.45, 2.75) is 118 Å². The van der Waals surface area contributed by atoms with Crippen molar-refractivity contribution >= 4 is 44.2 Å². The van der Waals surface area contributed by atoms with E-state index < -0.39 is 35.4 Å². The SMILES string of the molecule is C[C@@]1(O)CCC[C@@H]2c3c(c4c5oc6c(c(=O)c5c3OC3CCCC3)[C@@H](c3ccc(NO)cc3)CC[C@@]6(O)C[C@@](CO)(N=C(N)N)CSSC4)O[C@@H]21. The van der Waals surface area contributed by atoms with Crippen LogP contribution >= 0.6 is 21.6 Å². The highest BCUT2D eigenvalue weighted by Gasteiger charge is 2.53. The summed E-state index contributed by atoms with van der Waals surface area (Å²) in [5.74, 6) is 0.986. The van der Waals surface area contributed by atoms with E-state index in [9.17, 15) is 20.5 Å². The van der Waals surface area contributed by atoms with Gasteiger partial charge in [-0.05, 0) is 82.4 Å². The molecule has 3 aliphatic carbocycles. The summed E-state index contributed by atoms with van der Waals surface area (Å²) in [4.78, 5) is 20.0. The number of guanidine groups is 1. The summed E-state index contributed by atoms with van der Waals surface area (Å²) in [6.07, 6.45) is 5.90. The van der Waals surface area contributed by atoms with E-state index in [-0.39, 0.29) is 47.8 Å². The molecule has 3 aromatic rings. The first-order valence-electron chi connectivity index (χ1n) is 17.9. The second-order valence-electron chi connectivity index (χ2n) is 15.3. The first kappa shape index (κ1) is 34.9. The van der Waals surface area contributed by atoms with Gasteiger partial charge in [-0.15, -0.1) is 0 Å². The molecule has 12 nitrogen and oxygen atoms in total. The van der Waals surface area contributed by atoms with Gasteiger partial charge in [0.2, 0.25) is 5.43 Å². The first-order chi connectivity index (χ1) is 24.5. The van der Waals surface area contributed by atoms with Crippen LogP contribution < -0.4 is 31.8 Å². The molecule has 3 heterocycles. The van der Waals surface area contributed by atoms with Crippen LogP contribution in [-0.2, 0) is 11.4 Å². The number of nitrogens with zero attached hydrogens (tertiary/aromatic N) is 1. The Morgan fingerprint density at radius 3 is 2.53 bits per heavy atom. The van der Waals surface area contributed by atoms with E-state index in [1.165, 1.54) is 21.6 Å². The zero-order valence-electron chi connectivity index (χ0n) is 28.7. The molecule has 0 radical (unpaired) electrons. The van der Waals surface area contributed by atoms with Crippen LogP contribution in [0.3, 0.4) is 0 Å². The fourth-order valence-corrected chi connectivity index (χ4v) is 11.9. The largest absolute Gasteiger partial charge is 0.489 e. The van der Waals surface area contributed by atoms with Gasteiger partial charge in [-0.25, -0.2) is 4.99 Å². The molecule has 2 saturated carbocycles. The van der Waals surface area contributed by atoms with E-state index in [4.69, 9.17) is 25.4 Å². The Morgan fingerprint density at radius 2 is 1.82 bits per heavy atom. The minimum absolute atomic E-state index is 0.0789. The number of fused-ring (bicyclic) bond motifs is 4. The number of aliphatic hydroxyl groups is 3. The monoisotopic (exact) mass is 738 g/mol. The first-order valence-corrected chi connectivity index (χ1v) is 20.4. The highest BCUT2D eigenvalue weighted by atomic mass is 33.1. The lowest BCUT2D eigenvalue weighted by Crippen LogP contribution is -2.47. The molecule has 2 aliphatic heterocycles. The van der Waals surface area contributed by atoms with E-state index in [0.29, 0.717) is 57.9 Å². The van der Waals surface area contributed by atoms with Crippen LogP contribution in [-0.4, -0.2) is 62.2 Å². The van der Waals surface area contributed by atoms with Gasteiger partial charge in [0.1, 0.15) is 45.5 Å². The lowest BCUT2D eigenvalue weighted by molar-refractivity contribution is -0.0727. The molecule has 0 unspecified atom stereocenters. The van der Waals surface area contributed by atoms with E-state index in [1.54, 1.807) is 12.1 Å². The Kier molecular flexibility index (Phi) is 8.94. The number of nitrogens with one attached hydrogen (secondary N) is 1. The Balaban J connectivity index is 1.44. The number of ether oxygens (including phenoxy) is 2. The van der Waals surface area contributed by atoms with E-state index in [2.05, 4.69) is 10.5 Å². The number of anilines is 1. The second-order valence-corrected chi connectivity index (χ2v) is 17.8. The summed E-state index contributed by atoms with van der Waals surface area (Å²) < 4.78 is 20.7. The molecule has 1 aromatic heterocycles. The molecule has 0 spiro atoms. The van der Waals surface area contributed by atoms with Gasteiger partial charge in [0.05, 0.1) is 24.0 Å². The third-order valence-electron chi connectivity index (χ3n) is 11.7. The lowest BCUT2D eigenvalue weighted by Gasteiger charge is -2.41. The smallest absolute Gasteiger partial charge is 0.200 e. The molecule has 2 fully saturated rings. The average molecular weight is 739 g/mol. The summed E-state index contributed by atoms with van der Waals surface area (Å²) in [7, 11) is 2.97. The number of rotatable bonds is 6. The third kappa shape index (κ3) is 5.86. The van der Waals surface area contributed by atoms with Crippen molar-refractivity contribution in [3.63, 3.8) is 0 Å². The van der Waals surface area contributed by atoms with Gasteiger partial charge in [-0.1, -0.05) is 33.7 Å². The van der Waals surface area contributed by atoms with Gasteiger partial charge in [0.15, 0.2) is 5.96 Å². The van der Waals surface area contributed by atoms with E-state index in [1.807, 2.05) is 19.1 Å². The quantitative estimate of drug-likeness (QED) is 0.0762. The molecule has 6 atom stereocenters. The molecule has 0 saturated heterocycles. The van der Waals surface area contributed by atoms with E-state index in [0.717, 1.165) is 49.7 Å². The fraction of sp³-hybridized carbons (Fsp3) is 0.568. The number of aliphatic imine (C=N–C) groups is 1. The third-order valence-corrected chi connectivity index (χ3v) is 14.2. The number of benzene rings is 2. The maximum atomic E-state index is 15.5. The Hall–Kier alpha value is -3.14. The highest BCUT2D eigenvalue weighted by molar-refractivity contribution is 8.76. The van der Waals surface area contributed by atoms with Gasteiger partial charge in [-0.3, -0.25) is 15.5 Å². The van der Waals surface area contributed by atoms with Crippen molar-refractivity contribution in [3.8, 4) is 11.5 Å². The number of hydrogen-bond acceptors (Lipinski definition) is 12. The van der Waals surface area contributed by atoms with Crippen molar-refractivity contribution in [3.05, 3.63) is 62.5 Å². The van der Waals surface area contributed by atoms with Crippen molar-refractivity contribution in [1.82, 2.24) is 0 Å². The summed E-state index contributed by atoms with van der Waals surface area (Å²) in [5.41, 5.74) is 13.1. The Bertz CT molecular complexity index is 1930. The normalized spacial score (nSPS) is 31.7. The van der Waals surface area contributed by atoms with Gasteiger partial charge >= 0.3 is 0 Å². The second kappa shape index (κ2) is 13.1. The Labute approximate surface area is 303 Å². The van der Waals surface area contributed by atoms with Gasteiger partial charge < -0.3 is 40.7 Å². The van der Waals surface area contributed by atoms with E-state index >= 15 is 4.79 Å². The van der Waals surface area contributed by atoms with Gasteiger partial charge in [0.25, 0.3) is 0 Å². The molecular formula is C37H46N4O8S2. The molecule has 2 bridgehead atoms.